The molecule has 3 N–H and O–H groups in total. The Bertz CT molecular complexity index is 310. The van der Waals surface area contributed by atoms with Gasteiger partial charge in [-0.3, -0.25) is 4.79 Å². The maximum atomic E-state index is 11.4. The molecule has 0 saturated heterocycles. The largest absolute Gasteiger partial charge is 0.398 e. The Morgan fingerprint density at radius 3 is 2.79 bits per heavy atom. The fourth-order valence-corrected chi connectivity index (χ4v) is 1.20. The highest BCUT2D eigenvalue weighted by Gasteiger charge is 2.04. The Labute approximate surface area is 84.3 Å². The van der Waals surface area contributed by atoms with Crippen LogP contribution in [0.5, 0.6) is 0 Å². The third-order valence-electron chi connectivity index (χ3n) is 1.98. The molecule has 0 aliphatic heterocycles. The van der Waals surface area contributed by atoms with E-state index in [2.05, 4.69) is 5.32 Å². The molecule has 3 heteroatoms. The van der Waals surface area contributed by atoms with Gasteiger partial charge in [-0.15, -0.1) is 0 Å². The van der Waals surface area contributed by atoms with E-state index in [1.165, 1.54) is 0 Å². The van der Waals surface area contributed by atoms with Crippen molar-refractivity contribution in [3.63, 3.8) is 0 Å². The van der Waals surface area contributed by atoms with E-state index in [4.69, 9.17) is 5.73 Å². The lowest BCUT2D eigenvalue weighted by molar-refractivity contribution is -0.120. The van der Waals surface area contributed by atoms with Gasteiger partial charge in [-0.1, -0.05) is 25.1 Å². The highest BCUT2D eigenvalue weighted by Crippen LogP contribution is 2.10. The number of nitrogen functional groups attached to an aromatic ring is 1. The van der Waals surface area contributed by atoms with Crippen LogP contribution in [-0.4, -0.2) is 12.5 Å². The second kappa shape index (κ2) is 5.27. The zero-order valence-corrected chi connectivity index (χ0v) is 8.42. The van der Waals surface area contributed by atoms with Gasteiger partial charge in [-0.25, -0.2) is 0 Å². The van der Waals surface area contributed by atoms with Crippen LogP contribution in [0, 0.1) is 0 Å². The lowest BCUT2D eigenvalue weighted by Crippen LogP contribution is -2.25. The number of carbonyl (C=O) groups excluding carboxylic acids is 1. The molecule has 1 amide bonds. The molecular weight excluding hydrogens is 176 g/mol. The van der Waals surface area contributed by atoms with Crippen molar-refractivity contribution in [2.75, 3.05) is 12.3 Å². The molecule has 3 nitrogen and oxygen atoms in total. The molecule has 0 aliphatic carbocycles. The predicted octanol–water partition coefficient (Wildman–Crippen LogP) is 1.34. The van der Waals surface area contributed by atoms with Crippen LogP contribution in [0.2, 0.25) is 0 Å². The standard InChI is InChI=1S/C11H16N2O/c1-2-7-13-11(14)8-9-5-3-4-6-10(9)12/h3-6H,2,7-8,12H2,1H3,(H,13,14). The molecule has 0 saturated carbocycles. The number of hydrogen-bond acceptors (Lipinski definition) is 2. The maximum Gasteiger partial charge on any atom is 0.224 e. The zero-order chi connectivity index (χ0) is 10.4. The van der Waals surface area contributed by atoms with Gasteiger partial charge in [0.05, 0.1) is 6.42 Å². The van der Waals surface area contributed by atoms with Crippen LogP contribution < -0.4 is 11.1 Å². The van der Waals surface area contributed by atoms with Gasteiger partial charge in [0, 0.05) is 12.2 Å². The van der Waals surface area contributed by atoms with Crippen LogP contribution in [-0.2, 0) is 11.2 Å². The Hall–Kier alpha value is -1.51. The summed E-state index contributed by atoms with van der Waals surface area (Å²) in [6, 6.07) is 7.44. The molecule has 0 aromatic heterocycles. The maximum absolute atomic E-state index is 11.4. The van der Waals surface area contributed by atoms with E-state index >= 15 is 0 Å². The van der Waals surface area contributed by atoms with Crippen molar-refractivity contribution in [3.8, 4) is 0 Å². The SMILES string of the molecule is CCCNC(=O)Cc1ccccc1N. The number of anilines is 1. The number of carbonyl (C=O) groups is 1. The lowest BCUT2D eigenvalue weighted by atomic mass is 10.1. The topological polar surface area (TPSA) is 55.1 Å². The number of nitrogens with two attached hydrogens (primary N) is 1. The van der Waals surface area contributed by atoms with Gasteiger partial charge < -0.3 is 11.1 Å². The summed E-state index contributed by atoms with van der Waals surface area (Å²) in [5.41, 5.74) is 7.29. The highest BCUT2D eigenvalue weighted by atomic mass is 16.1. The Morgan fingerprint density at radius 1 is 1.43 bits per heavy atom. The van der Waals surface area contributed by atoms with Crippen LogP contribution >= 0.6 is 0 Å². The minimum Gasteiger partial charge on any atom is -0.398 e. The van der Waals surface area contributed by atoms with Gasteiger partial charge in [0.25, 0.3) is 0 Å². The molecule has 0 unspecified atom stereocenters. The van der Waals surface area contributed by atoms with Crippen LogP contribution in [0.15, 0.2) is 24.3 Å². The summed E-state index contributed by atoms with van der Waals surface area (Å²) in [7, 11) is 0. The molecule has 1 aromatic rings. The average Bonchev–Trinajstić information content (AvgIpc) is 2.18. The second-order valence-corrected chi connectivity index (χ2v) is 3.23. The molecule has 0 spiro atoms. The third-order valence-corrected chi connectivity index (χ3v) is 1.98. The van der Waals surface area contributed by atoms with Crippen molar-refractivity contribution >= 4 is 11.6 Å². The Kier molecular flexibility index (Phi) is 3.98. The predicted molar refractivity (Wildman–Crippen MR) is 57.9 cm³/mol. The molecule has 0 radical (unpaired) electrons. The van der Waals surface area contributed by atoms with Crippen molar-refractivity contribution in [1.82, 2.24) is 5.32 Å². The molecule has 0 fully saturated rings. The monoisotopic (exact) mass is 192 g/mol. The number of nitrogens with one attached hydrogen (secondary N) is 1. The normalized spacial score (nSPS) is 9.79. The van der Waals surface area contributed by atoms with E-state index in [9.17, 15) is 4.79 Å². The van der Waals surface area contributed by atoms with Crippen molar-refractivity contribution in [1.29, 1.82) is 0 Å². The minimum atomic E-state index is 0.0322. The third kappa shape index (κ3) is 3.09. The van der Waals surface area contributed by atoms with Crippen molar-refractivity contribution < 1.29 is 4.79 Å². The quantitative estimate of drug-likeness (QED) is 0.707. The van der Waals surface area contributed by atoms with E-state index in [0.717, 1.165) is 18.5 Å². The van der Waals surface area contributed by atoms with Gasteiger partial charge in [0.1, 0.15) is 0 Å². The smallest absolute Gasteiger partial charge is 0.224 e. The first-order valence-corrected chi connectivity index (χ1v) is 4.84. The van der Waals surface area contributed by atoms with Crippen LogP contribution in [0.1, 0.15) is 18.9 Å². The van der Waals surface area contributed by atoms with E-state index in [1.807, 2.05) is 31.2 Å². The van der Waals surface area contributed by atoms with E-state index < -0.39 is 0 Å². The second-order valence-electron chi connectivity index (χ2n) is 3.23. The first-order chi connectivity index (χ1) is 6.74. The summed E-state index contributed by atoms with van der Waals surface area (Å²) in [6.45, 7) is 2.75. The van der Waals surface area contributed by atoms with Crippen molar-refractivity contribution in [3.05, 3.63) is 29.8 Å². The van der Waals surface area contributed by atoms with E-state index in [1.54, 1.807) is 0 Å². The van der Waals surface area contributed by atoms with Crippen LogP contribution in [0.4, 0.5) is 5.69 Å². The molecule has 0 bridgehead atoms. The van der Waals surface area contributed by atoms with Gasteiger partial charge >= 0.3 is 0 Å². The van der Waals surface area contributed by atoms with Gasteiger partial charge in [0.2, 0.25) is 5.91 Å². The molecule has 0 atom stereocenters. The summed E-state index contributed by atoms with van der Waals surface area (Å²) in [6.07, 6.45) is 1.32. The van der Waals surface area contributed by atoms with Crippen LogP contribution in [0.25, 0.3) is 0 Å². The average molecular weight is 192 g/mol. The molecular formula is C11H16N2O. The molecule has 14 heavy (non-hydrogen) atoms. The van der Waals surface area contributed by atoms with Gasteiger partial charge in [0.15, 0.2) is 0 Å². The lowest BCUT2D eigenvalue weighted by Gasteiger charge is -2.05. The first kappa shape index (κ1) is 10.6. The van der Waals surface area contributed by atoms with Crippen LogP contribution in [0.3, 0.4) is 0 Å². The summed E-state index contributed by atoms with van der Waals surface area (Å²) < 4.78 is 0. The minimum absolute atomic E-state index is 0.0322. The number of rotatable bonds is 4. The molecule has 1 aromatic carbocycles. The molecule has 0 heterocycles. The highest BCUT2D eigenvalue weighted by molar-refractivity contribution is 5.80. The fraction of sp³-hybridized carbons (Fsp3) is 0.364. The number of benzene rings is 1. The molecule has 0 aliphatic rings. The summed E-state index contributed by atoms with van der Waals surface area (Å²) in [4.78, 5) is 11.4. The van der Waals surface area contributed by atoms with Crippen molar-refractivity contribution in [2.45, 2.75) is 19.8 Å². The zero-order valence-electron chi connectivity index (χ0n) is 8.42. The number of hydrogen-bond donors (Lipinski definition) is 2. The Morgan fingerprint density at radius 2 is 2.14 bits per heavy atom. The summed E-state index contributed by atoms with van der Waals surface area (Å²) >= 11 is 0. The molecule has 76 valence electrons. The Balaban J connectivity index is 2.52. The van der Waals surface area contributed by atoms with Gasteiger partial charge in [-0.05, 0) is 18.1 Å². The first-order valence-electron chi connectivity index (χ1n) is 4.84. The van der Waals surface area contributed by atoms with Crippen molar-refractivity contribution in [2.24, 2.45) is 0 Å². The molecule has 1 rings (SSSR count). The number of para-hydroxylation sites is 1. The number of amides is 1. The summed E-state index contributed by atoms with van der Waals surface area (Å²) in [5.74, 6) is 0.0322. The van der Waals surface area contributed by atoms with E-state index in [-0.39, 0.29) is 5.91 Å². The van der Waals surface area contributed by atoms with E-state index in [0.29, 0.717) is 12.1 Å². The van der Waals surface area contributed by atoms with Gasteiger partial charge in [-0.2, -0.15) is 0 Å². The fourth-order valence-electron chi connectivity index (χ4n) is 1.20. The summed E-state index contributed by atoms with van der Waals surface area (Å²) in [5, 5.41) is 2.81.